The molecule has 0 unspecified atom stereocenters. The monoisotopic (exact) mass is 498 g/mol. The molecule has 0 saturated carbocycles. The first-order valence-electron chi connectivity index (χ1n) is 10.3. The molecule has 11 heteroatoms. The molecule has 1 amide bonds. The predicted octanol–water partition coefficient (Wildman–Crippen LogP) is 3.06. The number of benzene rings is 1. The van der Waals surface area contributed by atoms with Gasteiger partial charge in [-0.15, -0.1) is 11.3 Å². The second kappa shape index (κ2) is 9.78. The summed E-state index contributed by atoms with van der Waals surface area (Å²) in [6, 6.07) is 8.11. The SMILES string of the molecule is O=C(CCC(=O)N1CCN(S(=O)(=O)c2ccc(Cl)s2)CC1)c1ccc2c(c1)OCCCO2. The highest BCUT2D eigenvalue weighted by molar-refractivity contribution is 7.91. The molecule has 1 fully saturated rings. The van der Waals surface area contributed by atoms with Gasteiger partial charge in [0.2, 0.25) is 5.91 Å². The largest absolute Gasteiger partial charge is 0.490 e. The Labute approximate surface area is 195 Å². The molecular formula is C21H23ClN2O6S2. The van der Waals surface area contributed by atoms with E-state index in [1.807, 2.05) is 0 Å². The van der Waals surface area contributed by atoms with Gasteiger partial charge in [-0.1, -0.05) is 11.6 Å². The van der Waals surface area contributed by atoms with Gasteiger partial charge in [0.25, 0.3) is 10.0 Å². The smallest absolute Gasteiger partial charge is 0.252 e. The Bertz CT molecular complexity index is 1110. The standard InChI is InChI=1S/C21H23ClN2O6S2/c22-19-5-7-21(31-19)32(27,28)24-10-8-23(9-11-24)20(26)6-3-16(25)15-2-4-17-18(14-15)30-13-1-12-29-17/h2,4-5,7,14H,1,3,6,8-13H2. The second-order valence-corrected chi connectivity index (χ2v) is 11.4. The molecule has 0 radical (unpaired) electrons. The number of amides is 1. The van der Waals surface area contributed by atoms with Crippen LogP contribution >= 0.6 is 22.9 Å². The van der Waals surface area contributed by atoms with Crippen molar-refractivity contribution >= 4 is 44.7 Å². The first-order chi connectivity index (χ1) is 15.3. The fourth-order valence-corrected chi connectivity index (χ4v) is 6.66. The third-order valence-electron chi connectivity index (χ3n) is 5.37. The third-order valence-corrected chi connectivity index (χ3v) is 8.97. The number of hydrogen-bond donors (Lipinski definition) is 0. The van der Waals surface area contributed by atoms with Gasteiger partial charge in [-0.25, -0.2) is 8.42 Å². The summed E-state index contributed by atoms with van der Waals surface area (Å²) in [4.78, 5) is 26.8. The summed E-state index contributed by atoms with van der Waals surface area (Å²) in [6.07, 6.45) is 0.924. The maximum Gasteiger partial charge on any atom is 0.252 e. The number of nitrogens with zero attached hydrogens (tertiary/aromatic N) is 2. The van der Waals surface area contributed by atoms with Crippen molar-refractivity contribution in [1.82, 2.24) is 9.21 Å². The van der Waals surface area contributed by atoms with Crippen molar-refractivity contribution in [1.29, 1.82) is 0 Å². The lowest BCUT2D eigenvalue weighted by Crippen LogP contribution is -2.50. The number of piperazine rings is 1. The van der Waals surface area contributed by atoms with Gasteiger partial charge in [-0.3, -0.25) is 9.59 Å². The molecule has 2 aliphatic rings. The second-order valence-electron chi connectivity index (χ2n) is 7.48. The molecule has 0 spiro atoms. The predicted molar refractivity (Wildman–Crippen MR) is 120 cm³/mol. The Morgan fingerprint density at radius 2 is 1.69 bits per heavy atom. The molecule has 0 bridgehead atoms. The van der Waals surface area contributed by atoms with Crippen LogP contribution in [0.3, 0.4) is 0 Å². The van der Waals surface area contributed by atoms with E-state index in [4.69, 9.17) is 21.1 Å². The molecule has 0 atom stereocenters. The number of rotatable bonds is 6. The molecule has 8 nitrogen and oxygen atoms in total. The van der Waals surface area contributed by atoms with Crippen LogP contribution in [0.2, 0.25) is 4.34 Å². The highest BCUT2D eigenvalue weighted by atomic mass is 35.5. The fourth-order valence-electron chi connectivity index (χ4n) is 3.60. The van der Waals surface area contributed by atoms with Crippen molar-refractivity contribution in [2.45, 2.75) is 23.5 Å². The van der Waals surface area contributed by atoms with Gasteiger partial charge in [0.15, 0.2) is 17.3 Å². The maximum atomic E-state index is 12.7. The number of ether oxygens (including phenoxy) is 2. The zero-order valence-electron chi connectivity index (χ0n) is 17.3. The number of thiophene rings is 1. The summed E-state index contributed by atoms with van der Waals surface area (Å²) >= 11 is 6.87. The van der Waals surface area contributed by atoms with Crippen molar-refractivity contribution in [2.24, 2.45) is 0 Å². The van der Waals surface area contributed by atoms with Crippen LogP contribution in [0.1, 0.15) is 29.6 Å². The van der Waals surface area contributed by atoms with E-state index >= 15 is 0 Å². The Morgan fingerprint density at radius 1 is 0.969 bits per heavy atom. The molecule has 3 heterocycles. The van der Waals surface area contributed by atoms with E-state index in [9.17, 15) is 18.0 Å². The van der Waals surface area contributed by atoms with Crippen LogP contribution in [-0.2, 0) is 14.8 Å². The average Bonchev–Trinajstić information content (AvgIpc) is 3.11. The average molecular weight is 499 g/mol. The van der Waals surface area contributed by atoms with Crippen molar-refractivity contribution in [3.8, 4) is 11.5 Å². The van der Waals surface area contributed by atoms with E-state index in [-0.39, 0.29) is 54.9 Å². The van der Waals surface area contributed by atoms with E-state index < -0.39 is 10.0 Å². The van der Waals surface area contributed by atoms with Crippen molar-refractivity contribution in [3.63, 3.8) is 0 Å². The minimum absolute atomic E-state index is 0.0700. The summed E-state index contributed by atoms with van der Waals surface area (Å²) in [5, 5.41) is 0. The van der Waals surface area contributed by atoms with Crippen LogP contribution in [0.15, 0.2) is 34.5 Å². The Kier molecular flexibility index (Phi) is 7.04. The first-order valence-corrected chi connectivity index (χ1v) is 12.9. The van der Waals surface area contributed by atoms with Gasteiger partial charge in [0.1, 0.15) is 4.21 Å². The van der Waals surface area contributed by atoms with Gasteiger partial charge in [0.05, 0.1) is 17.6 Å². The summed E-state index contributed by atoms with van der Waals surface area (Å²) in [6.45, 7) is 2.10. The van der Waals surface area contributed by atoms with Crippen LogP contribution in [0.5, 0.6) is 11.5 Å². The third kappa shape index (κ3) is 5.09. The zero-order chi connectivity index (χ0) is 22.7. The van der Waals surface area contributed by atoms with Crippen molar-refractivity contribution in [3.05, 3.63) is 40.2 Å². The molecule has 2 aliphatic heterocycles. The topological polar surface area (TPSA) is 93.2 Å². The molecule has 4 rings (SSSR count). The van der Waals surface area contributed by atoms with Gasteiger partial charge in [0, 0.05) is 51.0 Å². The van der Waals surface area contributed by atoms with Crippen LogP contribution in [0, 0.1) is 0 Å². The summed E-state index contributed by atoms with van der Waals surface area (Å²) < 4.78 is 38.5. The van der Waals surface area contributed by atoms with E-state index in [1.165, 1.54) is 10.4 Å². The lowest BCUT2D eigenvalue weighted by Gasteiger charge is -2.33. The van der Waals surface area contributed by atoms with Crippen LogP contribution < -0.4 is 9.47 Å². The Hall–Kier alpha value is -2.14. The van der Waals surface area contributed by atoms with Crippen molar-refractivity contribution < 1.29 is 27.5 Å². The van der Waals surface area contributed by atoms with Gasteiger partial charge >= 0.3 is 0 Å². The number of fused-ring (bicyclic) bond motifs is 1. The summed E-state index contributed by atoms with van der Waals surface area (Å²) in [5.41, 5.74) is 0.479. The van der Waals surface area contributed by atoms with E-state index in [0.717, 1.165) is 17.8 Å². The highest BCUT2D eigenvalue weighted by Gasteiger charge is 2.31. The fraction of sp³-hybridized carbons (Fsp3) is 0.429. The zero-order valence-corrected chi connectivity index (χ0v) is 19.7. The van der Waals surface area contributed by atoms with Gasteiger partial charge in [-0.05, 0) is 30.3 Å². The molecule has 1 aromatic heterocycles. The minimum atomic E-state index is -3.61. The Balaban J connectivity index is 1.29. The lowest BCUT2D eigenvalue weighted by molar-refractivity contribution is -0.132. The molecule has 2 aromatic rings. The number of carbonyl (C=O) groups is 2. The minimum Gasteiger partial charge on any atom is -0.490 e. The summed E-state index contributed by atoms with van der Waals surface area (Å²) in [7, 11) is -3.61. The lowest BCUT2D eigenvalue weighted by atomic mass is 10.1. The number of Topliss-reactive ketones (excluding diaryl/α,β-unsaturated/α-hetero) is 1. The summed E-state index contributed by atoms with van der Waals surface area (Å²) in [5.74, 6) is 0.852. The molecule has 1 aromatic carbocycles. The van der Waals surface area contributed by atoms with E-state index in [1.54, 1.807) is 29.2 Å². The number of carbonyl (C=O) groups excluding carboxylic acids is 2. The van der Waals surface area contributed by atoms with E-state index in [0.29, 0.717) is 34.6 Å². The van der Waals surface area contributed by atoms with Crippen molar-refractivity contribution in [2.75, 3.05) is 39.4 Å². The van der Waals surface area contributed by atoms with Crippen LogP contribution in [-0.4, -0.2) is 68.7 Å². The molecular weight excluding hydrogens is 476 g/mol. The van der Waals surface area contributed by atoms with Crippen LogP contribution in [0.25, 0.3) is 0 Å². The first kappa shape index (κ1) is 23.0. The molecule has 0 N–H and O–H groups in total. The normalized spacial score (nSPS) is 17.1. The maximum absolute atomic E-state index is 12.7. The molecule has 32 heavy (non-hydrogen) atoms. The number of hydrogen-bond acceptors (Lipinski definition) is 7. The quantitative estimate of drug-likeness (QED) is 0.568. The van der Waals surface area contributed by atoms with E-state index in [2.05, 4.69) is 0 Å². The van der Waals surface area contributed by atoms with Crippen LogP contribution in [0.4, 0.5) is 0 Å². The van der Waals surface area contributed by atoms with Gasteiger partial charge < -0.3 is 14.4 Å². The number of sulfonamides is 1. The molecule has 172 valence electrons. The Morgan fingerprint density at radius 3 is 2.38 bits per heavy atom. The number of halogens is 1. The molecule has 1 saturated heterocycles. The molecule has 0 aliphatic carbocycles. The van der Waals surface area contributed by atoms with Gasteiger partial charge in [-0.2, -0.15) is 4.31 Å². The number of ketones is 1. The highest BCUT2D eigenvalue weighted by Crippen LogP contribution is 2.31.